The molecule has 174 valence electrons. The van der Waals surface area contributed by atoms with E-state index in [1.54, 1.807) is 12.5 Å². The molecule has 1 aliphatic heterocycles. The van der Waals surface area contributed by atoms with Gasteiger partial charge in [-0.3, -0.25) is 4.57 Å². The Kier molecular flexibility index (Phi) is 6.24. The molecule has 34 heavy (non-hydrogen) atoms. The van der Waals surface area contributed by atoms with Crippen LogP contribution in [0.1, 0.15) is 19.3 Å². The number of likely N-dealkylation sites (tertiary alicyclic amines) is 1. The molecule has 1 unspecified atom stereocenters. The van der Waals surface area contributed by atoms with Gasteiger partial charge in [0.1, 0.15) is 12.1 Å². The third kappa shape index (κ3) is 4.93. The largest absolute Gasteiger partial charge is 0.399 e. The lowest BCUT2D eigenvalue weighted by molar-refractivity contribution is 0.175. The number of rotatable bonds is 6. The van der Waals surface area contributed by atoms with Crippen molar-refractivity contribution in [1.29, 1.82) is 0 Å². The zero-order chi connectivity index (χ0) is 23.3. The number of hydrogen-bond acceptors (Lipinski definition) is 6. The highest BCUT2D eigenvalue weighted by Gasteiger charge is 2.23. The normalized spacial score (nSPS) is 15.9. The number of aromatic nitrogens is 4. The number of nitrogens with two attached hydrogens (primary N) is 1. The minimum absolute atomic E-state index is 0.0331. The van der Waals surface area contributed by atoms with Crippen molar-refractivity contribution >= 4 is 34.4 Å². The molecule has 1 saturated heterocycles. The van der Waals surface area contributed by atoms with Crippen molar-refractivity contribution in [3.8, 4) is 5.82 Å². The van der Waals surface area contributed by atoms with Crippen molar-refractivity contribution in [2.24, 2.45) is 5.92 Å². The van der Waals surface area contributed by atoms with Crippen LogP contribution in [-0.4, -0.2) is 50.1 Å². The van der Waals surface area contributed by atoms with Gasteiger partial charge in [0.05, 0.1) is 11.0 Å². The molecular formula is C25H28N8O. The highest BCUT2D eigenvalue weighted by molar-refractivity contribution is 5.89. The molecule has 4 N–H and O–H groups in total. The van der Waals surface area contributed by atoms with Gasteiger partial charge in [-0.05, 0) is 61.6 Å². The third-order valence-corrected chi connectivity index (χ3v) is 6.13. The van der Waals surface area contributed by atoms with E-state index in [-0.39, 0.29) is 6.03 Å². The van der Waals surface area contributed by atoms with Crippen LogP contribution in [0.5, 0.6) is 0 Å². The van der Waals surface area contributed by atoms with E-state index in [0.717, 1.165) is 61.4 Å². The summed E-state index contributed by atoms with van der Waals surface area (Å²) in [5.41, 5.74) is 9.13. The Morgan fingerprint density at radius 2 is 2.00 bits per heavy atom. The molecule has 5 rings (SSSR count). The van der Waals surface area contributed by atoms with E-state index in [4.69, 9.17) is 5.73 Å². The first kappa shape index (κ1) is 21.7. The first-order valence-corrected chi connectivity index (χ1v) is 11.6. The van der Waals surface area contributed by atoms with Crippen molar-refractivity contribution in [3.63, 3.8) is 0 Å². The van der Waals surface area contributed by atoms with Crippen LogP contribution in [0.25, 0.3) is 16.9 Å². The molecule has 0 spiro atoms. The quantitative estimate of drug-likeness (QED) is 0.376. The van der Waals surface area contributed by atoms with E-state index in [9.17, 15) is 4.79 Å². The van der Waals surface area contributed by atoms with E-state index in [0.29, 0.717) is 17.6 Å². The lowest BCUT2D eigenvalue weighted by Crippen LogP contribution is -2.42. The van der Waals surface area contributed by atoms with Gasteiger partial charge in [-0.1, -0.05) is 18.2 Å². The molecule has 0 saturated carbocycles. The Morgan fingerprint density at radius 3 is 2.88 bits per heavy atom. The second kappa shape index (κ2) is 9.78. The minimum atomic E-state index is -0.0331. The molecule has 1 aliphatic rings. The summed E-state index contributed by atoms with van der Waals surface area (Å²) in [4.78, 5) is 28.0. The van der Waals surface area contributed by atoms with E-state index in [2.05, 4.69) is 25.6 Å². The fourth-order valence-electron chi connectivity index (χ4n) is 4.38. The number of imidazole rings is 1. The number of piperidine rings is 1. The van der Waals surface area contributed by atoms with Crippen LogP contribution in [0, 0.1) is 5.92 Å². The van der Waals surface area contributed by atoms with E-state index < -0.39 is 0 Å². The summed E-state index contributed by atoms with van der Waals surface area (Å²) < 4.78 is 1.92. The van der Waals surface area contributed by atoms with Gasteiger partial charge in [0, 0.05) is 37.2 Å². The molecular weight excluding hydrogens is 428 g/mol. The van der Waals surface area contributed by atoms with Crippen molar-refractivity contribution in [2.75, 3.05) is 36.0 Å². The number of carbonyl (C=O) groups is 1. The number of urea groups is 1. The average Bonchev–Trinajstić information content (AvgIpc) is 3.28. The minimum Gasteiger partial charge on any atom is -0.399 e. The zero-order valence-corrected chi connectivity index (χ0v) is 18.9. The maximum absolute atomic E-state index is 12.6. The van der Waals surface area contributed by atoms with E-state index in [1.165, 1.54) is 0 Å². The summed E-state index contributed by atoms with van der Waals surface area (Å²) in [5, 5.41) is 6.33. The molecule has 2 amide bonds. The number of fused-ring (bicyclic) bond motifs is 1. The van der Waals surface area contributed by atoms with E-state index >= 15 is 0 Å². The standard InChI is InChI=1S/C25H28N8O/c26-19-8-9-22-21(15-19)29-17-33(22)23-11-13-28-24(31-23)27-12-10-18-5-4-14-32(16-18)25(34)30-20-6-2-1-3-7-20/h1-3,6-9,11,13,15,17-18H,4-5,10,12,14,16,26H2,(H,30,34)(H,27,28,31). The molecule has 0 radical (unpaired) electrons. The fourth-order valence-corrected chi connectivity index (χ4v) is 4.38. The van der Waals surface area contributed by atoms with Crippen molar-refractivity contribution in [1.82, 2.24) is 24.4 Å². The number of anilines is 3. The van der Waals surface area contributed by atoms with Crippen molar-refractivity contribution in [3.05, 3.63) is 67.1 Å². The molecule has 4 aromatic rings. The summed E-state index contributed by atoms with van der Waals surface area (Å²) in [7, 11) is 0. The zero-order valence-electron chi connectivity index (χ0n) is 18.9. The van der Waals surface area contributed by atoms with Crippen LogP contribution in [-0.2, 0) is 0 Å². The van der Waals surface area contributed by atoms with Crippen LogP contribution < -0.4 is 16.4 Å². The Balaban J connectivity index is 1.16. The summed E-state index contributed by atoms with van der Waals surface area (Å²) in [6.45, 7) is 2.28. The summed E-state index contributed by atoms with van der Waals surface area (Å²) >= 11 is 0. The molecule has 3 heterocycles. The predicted octanol–water partition coefficient (Wildman–Crippen LogP) is 4.14. The van der Waals surface area contributed by atoms with Gasteiger partial charge in [-0.2, -0.15) is 4.98 Å². The molecule has 9 heteroatoms. The van der Waals surface area contributed by atoms with Gasteiger partial charge in [0.2, 0.25) is 5.95 Å². The van der Waals surface area contributed by atoms with Gasteiger partial charge in [-0.15, -0.1) is 0 Å². The topological polar surface area (TPSA) is 114 Å². The first-order valence-electron chi connectivity index (χ1n) is 11.6. The lowest BCUT2D eigenvalue weighted by Gasteiger charge is -2.32. The second-order valence-corrected chi connectivity index (χ2v) is 8.57. The second-order valence-electron chi connectivity index (χ2n) is 8.57. The number of nitrogens with zero attached hydrogens (tertiary/aromatic N) is 5. The number of nitrogen functional groups attached to an aromatic ring is 1. The Bertz CT molecular complexity index is 1270. The highest BCUT2D eigenvalue weighted by atomic mass is 16.2. The van der Waals surface area contributed by atoms with Gasteiger partial charge in [-0.25, -0.2) is 14.8 Å². The molecule has 1 atom stereocenters. The molecule has 9 nitrogen and oxygen atoms in total. The Labute approximate surface area is 198 Å². The number of carbonyl (C=O) groups excluding carboxylic acids is 1. The monoisotopic (exact) mass is 456 g/mol. The van der Waals surface area contributed by atoms with E-state index in [1.807, 2.05) is 64.1 Å². The number of hydrogen-bond donors (Lipinski definition) is 3. The highest BCUT2D eigenvalue weighted by Crippen LogP contribution is 2.22. The van der Waals surface area contributed by atoms with Crippen LogP contribution >= 0.6 is 0 Å². The third-order valence-electron chi connectivity index (χ3n) is 6.13. The SMILES string of the molecule is Nc1ccc2c(c1)ncn2-c1ccnc(NCCC2CCCN(C(=O)Nc3ccccc3)C2)n1. The van der Waals surface area contributed by atoms with Crippen LogP contribution in [0.2, 0.25) is 0 Å². The summed E-state index contributed by atoms with van der Waals surface area (Å²) in [6, 6.07) is 17.0. The number of benzene rings is 2. The van der Waals surface area contributed by atoms with Gasteiger partial charge >= 0.3 is 6.03 Å². The number of amides is 2. The van der Waals surface area contributed by atoms with Gasteiger partial charge in [0.15, 0.2) is 0 Å². The molecule has 2 aromatic heterocycles. The van der Waals surface area contributed by atoms with Crippen LogP contribution in [0.3, 0.4) is 0 Å². The lowest BCUT2D eigenvalue weighted by atomic mass is 9.95. The van der Waals surface area contributed by atoms with Crippen molar-refractivity contribution in [2.45, 2.75) is 19.3 Å². The smallest absolute Gasteiger partial charge is 0.321 e. The first-order chi connectivity index (χ1) is 16.7. The fraction of sp³-hybridized carbons (Fsp3) is 0.280. The summed E-state index contributed by atoms with van der Waals surface area (Å²) in [5.74, 6) is 1.75. The van der Waals surface area contributed by atoms with Gasteiger partial charge < -0.3 is 21.3 Å². The predicted molar refractivity (Wildman–Crippen MR) is 134 cm³/mol. The van der Waals surface area contributed by atoms with Crippen molar-refractivity contribution < 1.29 is 4.79 Å². The van der Waals surface area contributed by atoms with Crippen LogP contribution in [0.15, 0.2) is 67.1 Å². The summed E-state index contributed by atoms with van der Waals surface area (Å²) in [6.07, 6.45) is 6.55. The Hall–Kier alpha value is -4.14. The number of para-hydroxylation sites is 1. The van der Waals surface area contributed by atoms with Gasteiger partial charge in [0.25, 0.3) is 0 Å². The maximum atomic E-state index is 12.6. The Morgan fingerprint density at radius 1 is 1.12 bits per heavy atom. The molecule has 0 bridgehead atoms. The molecule has 0 aliphatic carbocycles. The molecule has 1 fully saturated rings. The average molecular weight is 457 g/mol. The van der Waals surface area contributed by atoms with Crippen LogP contribution in [0.4, 0.5) is 22.1 Å². The maximum Gasteiger partial charge on any atom is 0.321 e. The molecule has 2 aromatic carbocycles. The number of nitrogens with one attached hydrogen (secondary N) is 2.